The number of aliphatic hydroxyl groups is 1. The molecule has 4 N–H and O–H groups in total. The van der Waals surface area contributed by atoms with E-state index in [0.29, 0.717) is 11.1 Å². The van der Waals surface area contributed by atoms with Crippen LogP contribution in [0.25, 0.3) is 0 Å². The summed E-state index contributed by atoms with van der Waals surface area (Å²) in [7, 11) is 0. The fraction of sp³-hybridized carbons (Fsp3) is 0.667. The van der Waals surface area contributed by atoms with Gasteiger partial charge in [0.25, 0.3) is 0 Å². The lowest BCUT2D eigenvalue weighted by Crippen LogP contribution is -1.87. The molecule has 0 atom stereocenters. The second-order valence-electron chi connectivity index (χ2n) is 2.28. The molecule has 0 aromatic carbocycles. The maximum atomic E-state index is 8.50. The van der Waals surface area contributed by atoms with Crippen LogP contribution in [0.3, 0.4) is 0 Å². The molecule has 0 aliphatic carbocycles. The van der Waals surface area contributed by atoms with Crippen LogP contribution in [0.15, 0.2) is 5.16 Å². The highest BCUT2D eigenvalue weighted by atomic mass is 32.2. The van der Waals surface area contributed by atoms with Crippen LogP contribution in [-0.2, 0) is 0 Å². The van der Waals surface area contributed by atoms with Crippen molar-refractivity contribution in [3.8, 4) is 0 Å². The van der Waals surface area contributed by atoms with Crippen LogP contribution >= 0.6 is 11.8 Å². The molecule has 0 spiro atoms. The fourth-order valence-corrected chi connectivity index (χ4v) is 1.50. The predicted molar refractivity (Wildman–Crippen MR) is 47.8 cm³/mol. The number of thioether (sulfide) groups is 1. The predicted octanol–water partition coefficient (Wildman–Crippen LogP) is 0.251. The summed E-state index contributed by atoms with van der Waals surface area (Å²) in [5.41, 5.74) is 5.33. The molecule has 0 saturated heterocycles. The van der Waals surface area contributed by atoms with Gasteiger partial charge in [-0.2, -0.15) is 4.98 Å². The molecule has 6 heteroatoms. The van der Waals surface area contributed by atoms with E-state index in [0.717, 1.165) is 18.6 Å². The van der Waals surface area contributed by atoms with Gasteiger partial charge in [0.05, 0.1) is 0 Å². The SMILES string of the molecule is Nc1nc(SCCCCO)n[nH]1. The number of aromatic amines is 1. The van der Waals surface area contributed by atoms with Gasteiger partial charge >= 0.3 is 0 Å². The highest BCUT2D eigenvalue weighted by Gasteiger charge is 1.99. The molecule has 12 heavy (non-hydrogen) atoms. The van der Waals surface area contributed by atoms with Crippen LogP contribution in [0, 0.1) is 0 Å². The van der Waals surface area contributed by atoms with Gasteiger partial charge in [-0.3, -0.25) is 0 Å². The Morgan fingerprint density at radius 1 is 1.50 bits per heavy atom. The van der Waals surface area contributed by atoms with E-state index in [-0.39, 0.29) is 6.61 Å². The van der Waals surface area contributed by atoms with Gasteiger partial charge in [0.15, 0.2) is 0 Å². The molecular formula is C6H12N4OS. The minimum absolute atomic E-state index is 0.247. The van der Waals surface area contributed by atoms with Crippen molar-refractivity contribution in [3.05, 3.63) is 0 Å². The van der Waals surface area contributed by atoms with Crippen LogP contribution in [-0.4, -0.2) is 32.6 Å². The molecule has 5 nitrogen and oxygen atoms in total. The molecular weight excluding hydrogens is 176 g/mol. The van der Waals surface area contributed by atoms with Gasteiger partial charge in [0, 0.05) is 12.4 Å². The van der Waals surface area contributed by atoms with Crippen molar-refractivity contribution in [1.29, 1.82) is 0 Å². The number of aliphatic hydroxyl groups excluding tert-OH is 1. The number of hydrogen-bond donors (Lipinski definition) is 3. The maximum absolute atomic E-state index is 8.50. The topological polar surface area (TPSA) is 87.8 Å². The molecule has 0 saturated carbocycles. The number of unbranched alkanes of at least 4 members (excludes halogenated alkanes) is 1. The molecule has 1 aromatic rings. The van der Waals surface area contributed by atoms with Crippen molar-refractivity contribution < 1.29 is 5.11 Å². The minimum atomic E-state index is 0.247. The Bertz CT molecular complexity index is 227. The first kappa shape index (κ1) is 9.34. The Labute approximate surface area is 74.8 Å². The number of nitrogens with two attached hydrogens (primary N) is 1. The Morgan fingerprint density at radius 3 is 2.92 bits per heavy atom. The lowest BCUT2D eigenvalue weighted by atomic mass is 10.4. The summed E-state index contributed by atoms with van der Waals surface area (Å²) in [4.78, 5) is 3.92. The summed E-state index contributed by atoms with van der Waals surface area (Å²) in [5.74, 6) is 1.26. The lowest BCUT2D eigenvalue weighted by Gasteiger charge is -1.93. The van der Waals surface area contributed by atoms with E-state index in [1.54, 1.807) is 0 Å². The molecule has 0 fully saturated rings. The zero-order valence-corrected chi connectivity index (χ0v) is 7.47. The van der Waals surface area contributed by atoms with Crippen LogP contribution in [0.5, 0.6) is 0 Å². The van der Waals surface area contributed by atoms with Crippen molar-refractivity contribution in [2.75, 3.05) is 18.1 Å². The van der Waals surface area contributed by atoms with E-state index in [1.165, 1.54) is 11.8 Å². The number of hydrogen-bond acceptors (Lipinski definition) is 5. The monoisotopic (exact) mass is 188 g/mol. The third kappa shape index (κ3) is 3.10. The van der Waals surface area contributed by atoms with Crippen LogP contribution in [0.2, 0.25) is 0 Å². The smallest absolute Gasteiger partial charge is 0.216 e. The Hall–Kier alpha value is -0.750. The summed E-state index contributed by atoms with van der Waals surface area (Å²) < 4.78 is 0. The molecule has 0 aliphatic heterocycles. The van der Waals surface area contributed by atoms with Crippen molar-refractivity contribution in [2.24, 2.45) is 0 Å². The van der Waals surface area contributed by atoms with Crippen molar-refractivity contribution in [2.45, 2.75) is 18.0 Å². The van der Waals surface area contributed by atoms with Gasteiger partial charge in [-0.05, 0) is 12.8 Å². The van der Waals surface area contributed by atoms with Crippen molar-refractivity contribution >= 4 is 17.7 Å². The molecule has 1 rings (SSSR count). The third-order valence-corrected chi connectivity index (χ3v) is 2.20. The third-order valence-electron chi connectivity index (χ3n) is 1.27. The second-order valence-corrected chi connectivity index (χ2v) is 3.34. The molecule has 0 bridgehead atoms. The number of rotatable bonds is 5. The number of nitrogens with zero attached hydrogens (tertiary/aromatic N) is 2. The van der Waals surface area contributed by atoms with Gasteiger partial charge in [0.2, 0.25) is 11.1 Å². The van der Waals surface area contributed by atoms with Crippen LogP contribution < -0.4 is 5.73 Å². The van der Waals surface area contributed by atoms with E-state index in [9.17, 15) is 0 Å². The number of nitrogens with one attached hydrogen (secondary N) is 1. The number of H-pyrrole nitrogens is 1. The van der Waals surface area contributed by atoms with Crippen molar-refractivity contribution in [1.82, 2.24) is 15.2 Å². The molecule has 1 heterocycles. The van der Waals surface area contributed by atoms with Crippen molar-refractivity contribution in [3.63, 3.8) is 0 Å². The molecule has 0 unspecified atom stereocenters. The summed E-state index contributed by atoms with van der Waals surface area (Å²) >= 11 is 1.54. The zero-order valence-electron chi connectivity index (χ0n) is 6.66. The largest absolute Gasteiger partial charge is 0.396 e. The highest BCUT2D eigenvalue weighted by Crippen LogP contribution is 2.14. The van der Waals surface area contributed by atoms with Gasteiger partial charge in [0.1, 0.15) is 0 Å². The summed E-state index contributed by atoms with van der Waals surface area (Å²) in [5, 5.41) is 15.6. The Kier molecular flexibility index (Phi) is 3.89. The molecule has 68 valence electrons. The van der Waals surface area contributed by atoms with E-state index in [1.807, 2.05) is 0 Å². The number of aromatic nitrogens is 3. The van der Waals surface area contributed by atoms with E-state index in [2.05, 4.69) is 15.2 Å². The first-order chi connectivity index (χ1) is 5.83. The van der Waals surface area contributed by atoms with Gasteiger partial charge < -0.3 is 10.8 Å². The molecule has 0 amide bonds. The summed E-state index contributed by atoms with van der Waals surface area (Å²) in [6, 6.07) is 0. The molecule has 1 aromatic heterocycles. The second kappa shape index (κ2) is 5.00. The highest BCUT2D eigenvalue weighted by molar-refractivity contribution is 7.99. The normalized spacial score (nSPS) is 10.4. The van der Waals surface area contributed by atoms with Gasteiger partial charge in [-0.25, -0.2) is 5.10 Å². The quantitative estimate of drug-likeness (QED) is 0.455. The first-order valence-electron chi connectivity index (χ1n) is 3.74. The zero-order chi connectivity index (χ0) is 8.81. The Morgan fingerprint density at radius 2 is 2.33 bits per heavy atom. The molecule has 0 aliphatic rings. The minimum Gasteiger partial charge on any atom is -0.396 e. The van der Waals surface area contributed by atoms with E-state index < -0.39 is 0 Å². The van der Waals surface area contributed by atoms with Gasteiger partial charge in [-0.1, -0.05) is 11.8 Å². The standard InChI is InChI=1S/C6H12N4OS/c7-5-8-6(10-9-5)12-4-2-1-3-11/h11H,1-4H2,(H3,7,8,9,10). The lowest BCUT2D eigenvalue weighted by molar-refractivity contribution is 0.287. The van der Waals surface area contributed by atoms with Crippen LogP contribution in [0.4, 0.5) is 5.95 Å². The molecule has 0 radical (unpaired) electrons. The number of anilines is 1. The maximum Gasteiger partial charge on any atom is 0.216 e. The van der Waals surface area contributed by atoms with E-state index in [4.69, 9.17) is 10.8 Å². The number of nitrogen functional groups attached to an aromatic ring is 1. The first-order valence-corrected chi connectivity index (χ1v) is 4.73. The fourth-order valence-electron chi connectivity index (χ4n) is 0.700. The average molecular weight is 188 g/mol. The van der Waals surface area contributed by atoms with Gasteiger partial charge in [-0.15, -0.1) is 5.10 Å². The summed E-state index contributed by atoms with van der Waals surface area (Å²) in [6.45, 7) is 0.247. The average Bonchev–Trinajstić information content (AvgIpc) is 2.45. The summed E-state index contributed by atoms with van der Waals surface area (Å²) in [6.07, 6.45) is 1.79. The van der Waals surface area contributed by atoms with E-state index >= 15 is 0 Å². The Balaban J connectivity index is 2.15. The van der Waals surface area contributed by atoms with Crippen LogP contribution in [0.1, 0.15) is 12.8 Å².